The zero-order chi connectivity index (χ0) is 14.3. The average Bonchev–Trinajstić information content (AvgIpc) is 2.36. The first-order chi connectivity index (χ1) is 9.00. The molecule has 0 aromatic heterocycles. The molecule has 1 N–H and O–H groups in total. The Balaban J connectivity index is 2.57. The van der Waals surface area contributed by atoms with Gasteiger partial charge in [-0.15, -0.1) is 0 Å². The normalized spacial score (nSPS) is 12.2. The van der Waals surface area contributed by atoms with Gasteiger partial charge in [-0.1, -0.05) is 30.3 Å². The SMILES string of the molecule is CC(=O)CCNC(=O)C(Cc1ccccc1)N(C)C. The van der Waals surface area contributed by atoms with Crippen LogP contribution in [0.2, 0.25) is 0 Å². The summed E-state index contributed by atoms with van der Waals surface area (Å²) in [5.74, 6) is 0.0554. The summed E-state index contributed by atoms with van der Waals surface area (Å²) in [6.45, 7) is 1.94. The summed E-state index contributed by atoms with van der Waals surface area (Å²) < 4.78 is 0. The van der Waals surface area contributed by atoms with E-state index < -0.39 is 0 Å². The first-order valence-electron chi connectivity index (χ1n) is 6.48. The number of amides is 1. The van der Waals surface area contributed by atoms with Gasteiger partial charge in [0.1, 0.15) is 5.78 Å². The monoisotopic (exact) mass is 262 g/mol. The van der Waals surface area contributed by atoms with Crippen molar-refractivity contribution in [3.05, 3.63) is 35.9 Å². The molecule has 1 aromatic carbocycles. The van der Waals surface area contributed by atoms with Gasteiger partial charge in [0.15, 0.2) is 0 Å². The second kappa shape index (κ2) is 7.69. The zero-order valence-corrected chi connectivity index (χ0v) is 11.8. The molecule has 104 valence electrons. The van der Waals surface area contributed by atoms with Crippen molar-refractivity contribution >= 4 is 11.7 Å². The van der Waals surface area contributed by atoms with Crippen LogP contribution in [0.1, 0.15) is 18.9 Å². The highest BCUT2D eigenvalue weighted by molar-refractivity contribution is 5.83. The Hall–Kier alpha value is -1.68. The number of Topliss-reactive ketones (excluding diaryl/α,β-unsaturated/α-hetero) is 1. The van der Waals surface area contributed by atoms with E-state index in [1.165, 1.54) is 6.92 Å². The highest BCUT2D eigenvalue weighted by Crippen LogP contribution is 2.07. The van der Waals surface area contributed by atoms with Crippen LogP contribution >= 0.6 is 0 Å². The van der Waals surface area contributed by atoms with Crippen molar-refractivity contribution in [1.29, 1.82) is 0 Å². The maximum Gasteiger partial charge on any atom is 0.237 e. The summed E-state index contributed by atoms with van der Waals surface area (Å²) in [6, 6.07) is 9.71. The van der Waals surface area contributed by atoms with Crippen LogP contribution in [0.25, 0.3) is 0 Å². The summed E-state index contributed by atoms with van der Waals surface area (Å²) >= 11 is 0. The molecule has 0 saturated heterocycles. The topological polar surface area (TPSA) is 49.4 Å². The van der Waals surface area contributed by atoms with Gasteiger partial charge < -0.3 is 5.32 Å². The van der Waals surface area contributed by atoms with Gasteiger partial charge >= 0.3 is 0 Å². The Kier molecular flexibility index (Phi) is 6.22. The number of ketones is 1. The van der Waals surface area contributed by atoms with Crippen LogP contribution in [0, 0.1) is 0 Å². The fourth-order valence-electron chi connectivity index (χ4n) is 1.83. The van der Waals surface area contributed by atoms with E-state index in [9.17, 15) is 9.59 Å². The van der Waals surface area contributed by atoms with Crippen molar-refractivity contribution in [3.63, 3.8) is 0 Å². The molecule has 1 atom stereocenters. The van der Waals surface area contributed by atoms with Crippen molar-refractivity contribution in [3.8, 4) is 0 Å². The molecule has 4 heteroatoms. The van der Waals surface area contributed by atoms with Crippen molar-refractivity contribution in [1.82, 2.24) is 10.2 Å². The van der Waals surface area contributed by atoms with Gasteiger partial charge in [-0.3, -0.25) is 14.5 Å². The fraction of sp³-hybridized carbons (Fsp3) is 0.467. The first-order valence-corrected chi connectivity index (χ1v) is 6.48. The molecule has 0 aliphatic carbocycles. The van der Waals surface area contributed by atoms with Gasteiger partial charge in [-0.25, -0.2) is 0 Å². The average molecular weight is 262 g/mol. The fourth-order valence-corrected chi connectivity index (χ4v) is 1.83. The van der Waals surface area contributed by atoms with E-state index in [0.717, 1.165) is 5.56 Å². The largest absolute Gasteiger partial charge is 0.354 e. The lowest BCUT2D eigenvalue weighted by atomic mass is 10.0. The summed E-state index contributed by atoms with van der Waals surface area (Å²) in [6.07, 6.45) is 1.05. The number of carbonyl (C=O) groups excluding carboxylic acids is 2. The molecule has 0 bridgehead atoms. The van der Waals surface area contributed by atoms with Crippen LogP contribution in [0.15, 0.2) is 30.3 Å². The number of rotatable bonds is 7. The Morgan fingerprint density at radius 3 is 2.37 bits per heavy atom. The molecule has 1 amide bonds. The molecule has 1 rings (SSSR count). The van der Waals surface area contributed by atoms with Gasteiger partial charge in [-0.05, 0) is 33.0 Å². The molecule has 0 aliphatic rings. The zero-order valence-electron chi connectivity index (χ0n) is 11.8. The third-order valence-electron chi connectivity index (χ3n) is 2.97. The summed E-state index contributed by atoms with van der Waals surface area (Å²) in [4.78, 5) is 24.9. The summed E-state index contributed by atoms with van der Waals surface area (Å²) in [5, 5.41) is 2.81. The minimum Gasteiger partial charge on any atom is -0.354 e. The van der Waals surface area contributed by atoms with Crippen LogP contribution in [0.5, 0.6) is 0 Å². The molecule has 0 fully saturated rings. The lowest BCUT2D eigenvalue weighted by molar-refractivity contribution is -0.125. The van der Waals surface area contributed by atoms with Crippen LogP contribution in [-0.4, -0.2) is 43.3 Å². The second-order valence-electron chi connectivity index (χ2n) is 4.91. The van der Waals surface area contributed by atoms with Crippen molar-refractivity contribution in [2.75, 3.05) is 20.6 Å². The predicted octanol–water partition coefficient (Wildman–Crippen LogP) is 1.25. The number of benzene rings is 1. The molecule has 19 heavy (non-hydrogen) atoms. The molecule has 0 radical (unpaired) electrons. The number of hydrogen-bond donors (Lipinski definition) is 1. The van der Waals surface area contributed by atoms with Crippen LogP contribution in [-0.2, 0) is 16.0 Å². The first kappa shape index (κ1) is 15.4. The van der Waals surface area contributed by atoms with E-state index in [1.54, 1.807) is 0 Å². The molecule has 1 aromatic rings. The lowest BCUT2D eigenvalue weighted by Gasteiger charge is -2.23. The Morgan fingerprint density at radius 1 is 1.21 bits per heavy atom. The number of nitrogens with one attached hydrogen (secondary N) is 1. The molecule has 0 saturated carbocycles. The predicted molar refractivity (Wildman–Crippen MR) is 75.9 cm³/mol. The van der Waals surface area contributed by atoms with Crippen LogP contribution in [0.3, 0.4) is 0 Å². The van der Waals surface area contributed by atoms with Gasteiger partial charge in [0.2, 0.25) is 5.91 Å². The maximum absolute atomic E-state index is 12.1. The number of likely N-dealkylation sites (N-methyl/N-ethyl adjacent to an activating group) is 1. The molecule has 0 aliphatic heterocycles. The van der Waals surface area contributed by atoms with E-state index in [1.807, 2.05) is 49.3 Å². The van der Waals surface area contributed by atoms with E-state index in [4.69, 9.17) is 0 Å². The molecule has 4 nitrogen and oxygen atoms in total. The minimum absolute atomic E-state index is 0.0323. The smallest absolute Gasteiger partial charge is 0.237 e. The molecular weight excluding hydrogens is 240 g/mol. The standard InChI is InChI=1S/C15H22N2O2/c1-12(18)9-10-16-15(19)14(17(2)3)11-13-7-5-4-6-8-13/h4-8,14H,9-11H2,1-3H3,(H,16,19). The Morgan fingerprint density at radius 2 is 1.84 bits per heavy atom. The third kappa shape index (κ3) is 5.66. The van der Waals surface area contributed by atoms with Gasteiger partial charge in [0.25, 0.3) is 0 Å². The van der Waals surface area contributed by atoms with E-state index in [2.05, 4.69) is 5.32 Å². The van der Waals surface area contributed by atoms with Gasteiger partial charge in [-0.2, -0.15) is 0 Å². The molecular formula is C15H22N2O2. The highest BCUT2D eigenvalue weighted by Gasteiger charge is 2.20. The quantitative estimate of drug-likeness (QED) is 0.804. The summed E-state index contributed by atoms with van der Waals surface area (Å²) in [7, 11) is 3.77. The third-order valence-corrected chi connectivity index (χ3v) is 2.97. The van der Waals surface area contributed by atoms with Crippen molar-refractivity contribution in [2.45, 2.75) is 25.8 Å². The maximum atomic E-state index is 12.1. The molecule has 0 spiro atoms. The van der Waals surface area contributed by atoms with E-state index >= 15 is 0 Å². The minimum atomic E-state index is -0.214. The second-order valence-corrected chi connectivity index (χ2v) is 4.91. The lowest BCUT2D eigenvalue weighted by Crippen LogP contribution is -2.45. The van der Waals surface area contributed by atoms with Gasteiger partial charge in [0.05, 0.1) is 6.04 Å². The Labute approximate surface area is 114 Å². The highest BCUT2D eigenvalue weighted by atomic mass is 16.2. The van der Waals surface area contributed by atoms with Crippen molar-refractivity contribution in [2.24, 2.45) is 0 Å². The number of nitrogens with zero attached hydrogens (tertiary/aromatic N) is 1. The van der Waals surface area contributed by atoms with E-state index in [0.29, 0.717) is 19.4 Å². The molecule has 0 heterocycles. The summed E-state index contributed by atoms with van der Waals surface area (Å²) in [5.41, 5.74) is 1.13. The molecule has 1 unspecified atom stereocenters. The van der Waals surface area contributed by atoms with Gasteiger partial charge in [0, 0.05) is 13.0 Å². The van der Waals surface area contributed by atoms with Crippen LogP contribution < -0.4 is 5.32 Å². The number of carbonyl (C=O) groups is 2. The van der Waals surface area contributed by atoms with Crippen LogP contribution in [0.4, 0.5) is 0 Å². The Bertz CT molecular complexity index is 415. The number of hydrogen-bond acceptors (Lipinski definition) is 3. The van der Waals surface area contributed by atoms with Crippen molar-refractivity contribution < 1.29 is 9.59 Å². The van der Waals surface area contributed by atoms with E-state index in [-0.39, 0.29) is 17.7 Å².